The van der Waals surface area contributed by atoms with Gasteiger partial charge in [0.15, 0.2) is 0 Å². The van der Waals surface area contributed by atoms with Crippen molar-refractivity contribution in [2.45, 2.75) is 6.92 Å². The Balaban J connectivity index is 3.06. The summed E-state index contributed by atoms with van der Waals surface area (Å²) in [5, 5.41) is 8.55. The van der Waals surface area contributed by atoms with E-state index in [1.807, 2.05) is 11.8 Å². The molecule has 0 spiro atoms. The first-order valence-electron chi connectivity index (χ1n) is 5.64. The maximum atomic E-state index is 13.5. The highest BCUT2D eigenvalue weighted by Crippen LogP contribution is 2.19. The summed E-state index contributed by atoms with van der Waals surface area (Å²) in [4.78, 5) is 12.4. The second-order valence-corrected chi connectivity index (χ2v) is 3.74. The van der Waals surface area contributed by atoms with Crippen molar-refractivity contribution in [1.82, 2.24) is 0 Å². The van der Waals surface area contributed by atoms with Crippen LogP contribution in [0.15, 0.2) is 36.9 Å². The topological polar surface area (TPSA) is 40.5 Å². The highest BCUT2D eigenvalue weighted by Gasteiger charge is 2.05. The Morgan fingerprint density at radius 3 is 2.78 bits per heavy atom. The first-order valence-corrected chi connectivity index (χ1v) is 5.64. The molecule has 0 aliphatic heterocycles. The van der Waals surface area contributed by atoms with Crippen LogP contribution in [0, 0.1) is 5.82 Å². The lowest BCUT2D eigenvalue weighted by molar-refractivity contribution is -0.131. The Kier molecular flexibility index (Phi) is 5.11. The Morgan fingerprint density at radius 2 is 2.22 bits per heavy atom. The number of carboxylic acid groups (broad SMARTS) is 1. The van der Waals surface area contributed by atoms with Crippen LogP contribution in [0.3, 0.4) is 0 Å². The van der Waals surface area contributed by atoms with Gasteiger partial charge in [0.1, 0.15) is 5.82 Å². The zero-order valence-corrected chi connectivity index (χ0v) is 10.3. The van der Waals surface area contributed by atoms with E-state index in [1.165, 1.54) is 18.2 Å². The zero-order valence-electron chi connectivity index (χ0n) is 10.3. The molecule has 1 aromatic rings. The molecule has 0 bridgehead atoms. The lowest BCUT2D eigenvalue weighted by Crippen LogP contribution is -2.22. The van der Waals surface area contributed by atoms with Crippen molar-refractivity contribution in [3.8, 4) is 0 Å². The minimum absolute atomic E-state index is 0.389. The molecule has 1 N–H and O–H groups in total. The quantitative estimate of drug-likeness (QED) is 0.622. The molecule has 0 aliphatic carbocycles. The SMILES string of the molecule is C=CCN(CC)c1cc(F)cc(/C=C/C(=O)O)c1. The van der Waals surface area contributed by atoms with Gasteiger partial charge in [0.25, 0.3) is 0 Å². The van der Waals surface area contributed by atoms with Gasteiger partial charge >= 0.3 is 5.97 Å². The van der Waals surface area contributed by atoms with Crippen LogP contribution in [0.25, 0.3) is 6.08 Å². The minimum atomic E-state index is -1.06. The van der Waals surface area contributed by atoms with Crippen molar-refractivity contribution >= 4 is 17.7 Å². The fourth-order valence-corrected chi connectivity index (χ4v) is 1.62. The molecule has 0 radical (unpaired) electrons. The molecule has 0 heterocycles. The zero-order chi connectivity index (χ0) is 13.5. The van der Waals surface area contributed by atoms with E-state index in [2.05, 4.69) is 6.58 Å². The van der Waals surface area contributed by atoms with Crippen molar-refractivity contribution in [3.63, 3.8) is 0 Å². The summed E-state index contributed by atoms with van der Waals surface area (Å²) in [7, 11) is 0. The number of carbonyl (C=O) groups is 1. The van der Waals surface area contributed by atoms with Crippen LogP contribution >= 0.6 is 0 Å². The third-order valence-electron chi connectivity index (χ3n) is 2.42. The van der Waals surface area contributed by atoms with Gasteiger partial charge in [-0.15, -0.1) is 6.58 Å². The van der Waals surface area contributed by atoms with Gasteiger partial charge in [0, 0.05) is 24.9 Å². The molecule has 4 heteroatoms. The number of rotatable bonds is 6. The molecule has 0 fully saturated rings. The van der Waals surface area contributed by atoms with Gasteiger partial charge in [0.05, 0.1) is 0 Å². The van der Waals surface area contributed by atoms with E-state index >= 15 is 0 Å². The molecular weight excluding hydrogens is 233 g/mol. The predicted octanol–water partition coefficient (Wildman–Crippen LogP) is 2.94. The molecule has 96 valence electrons. The third-order valence-corrected chi connectivity index (χ3v) is 2.42. The van der Waals surface area contributed by atoms with E-state index in [0.29, 0.717) is 17.8 Å². The average molecular weight is 249 g/mol. The van der Waals surface area contributed by atoms with Crippen molar-refractivity contribution in [2.24, 2.45) is 0 Å². The van der Waals surface area contributed by atoms with Gasteiger partial charge in [-0.2, -0.15) is 0 Å². The number of likely N-dealkylation sites (N-methyl/N-ethyl adjacent to an activating group) is 1. The van der Waals surface area contributed by atoms with Crippen LogP contribution in [-0.4, -0.2) is 24.2 Å². The molecule has 0 amide bonds. The molecule has 18 heavy (non-hydrogen) atoms. The Hall–Kier alpha value is -2.10. The summed E-state index contributed by atoms with van der Waals surface area (Å²) < 4.78 is 13.5. The van der Waals surface area contributed by atoms with Gasteiger partial charge in [-0.05, 0) is 36.8 Å². The van der Waals surface area contributed by atoms with Crippen LogP contribution in [0.2, 0.25) is 0 Å². The van der Waals surface area contributed by atoms with Crippen LogP contribution in [0.1, 0.15) is 12.5 Å². The smallest absolute Gasteiger partial charge is 0.328 e. The number of aliphatic carboxylic acids is 1. The van der Waals surface area contributed by atoms with Gasteiger partial charge < -0.3 is 10.0 Å². The molecule has 0 aromatic heterocycles. The second-order valence-electron chi connectivity index (χ2n) is 3.74. The van der Waals surface area contributed by atoms with E-state index in [4.69, 9.17) is 5.11 Å². The summed E-state index contributed by atoms with van der Waals surface area (Å²) in [5.74, 6) is -1.45. The first-order chi connectivity index (χ1) is 8.56. The summed E-state index contributed by atoms with van der Waals surface area (Å²) in [6.07, 6.45) is 4.10. The summed E-state index contributed by atoms with van der Waals surface area (Å²) in [6, 6.07) is 4.46. The number of anilines is 1. The molecule has 0 unspecified atom stereocenters. The Bertz CT molecular complexity index is 469. The van der Waals surface area contributed by atoms with E-state index in [9.17, 15) is 9.18 Å². The molecule has 3 nitrogen and oxygen atoms in total. The fraction of sp³-hybridized carbons (Fsp3) is 0.214. The number of benzene rings is 1. The number of halogens is 1. The number of hydrogen-bond donors (Lipinski definition) is 1. The first kappa shape index (κ1) is 14.0. The van der Waals surface area contributed by atoms with Gasteiger partial charge in [-0.25, -0.2) is 9.18 Å². The van der Waals surface area contributed by atoms with E-state index < -0.39 is 5.97 Å². The summed E-state index contributed by atoms with van der Waals surface area (Å²) in [6.45, 7) is 6.94. The van der Waals surface area contributed by atoms with E-state index in [-0.39, 0.29) is 5.82 Å². The van der Waals surface area contributed by atoms with Crippen molar-refractivity contribution in [1.29, 1.82) is 0 Å². The van der Waals surface area contributed by atoms with Crippen LogP contribution in [-0.2, 0) is 4.79 Å². The Morgan fingerprint density at radius 1 is 1.50 bits per heavy atom. The van der Waals surface area contributed by atoms with Crippen LogP contribution in [0.5, 0.6) is 0 Å². The minimum Gasteiger partial charge on any atom is -0.478 e. The molecule has 1 rings (SSSR count). The monoisotopic (exact) mass is 249 g/mol. The van der Waals surface area contributed by atoms with Crippen molar-refractivity contribution < 1.29 is 14.3 Å². The largest absolute Gasteiger partial charge is 0.478 e. The normalized spacial score (nSPS) is 10.6. The predicted molar refractivity (Wildman–Crippen MR) is 71.2 cm³/mol. The second kappa shape index (κ2) is 6.59. The van der Waals surface area contributed by atoms with Crippen LogP contribution < -0.4 is 4.90 Å². The highest BCUT2D eigenvalue weighted by molar-refractivity contribution is 5.85. The number of carboxylic acids is 1. The molecule has 0 saturated heterocycles. The average Bonchev–Trinajstić information content (AvgIpc) is 2.32. The van der Waals surface area contributed by atoms with Crippen molar-refractivity contribution in [2.75, 3.05) is 18.0 Å². The summed E-state index contributed by atoms with van der Waals surface area (Å²) in [5.41, 5.74) is 1.23. The lowest BCUT2D eigenvalue weighted by atomic mass is 10.1. The Labute approximate surface area is 106 Å². The van der Waals surface area contributed by atoms with Crippen LogP contribution in [0.4, 0.5) is 10.1 Å². The highest BCUT2D eigenvalue weighted by atomic mass is 19.1. The van der Waals surface area contributed by atoms with E-state index in [0.717, 1.165) is 12.6 Å². The maximum Gasteiger partial charge on any atom is 0.328 e. The van der Waals surface area contributed by atoms with Gasteiger partial charge in [0.2, 0.25) is 0 Å². The number of hydrogen-bond acceptors (Lipinski definition) is 2. The maximum absolute atomic E-state index is 13.5. The van der Waals surface area contributed by atoms with Gasteiger partial charge in [-0.3, -0.25) is 0 Å². The standard InChI is InChI=1S/C14H16FNO2/c1-3-7-16(4-2)13-9-11(5-6-14(17)18)8-12(15)10-13/h3,5-6,8-10H,1,4,7H2,2H3,(H,17,18)/b6-5+. The molecule has 0 atom stereocenters. The molecule has 0 saturated carbocycles. The molecule has 1 aromatic carbocycles. The molecular formula is C14H16FNO2. The fourth-order valence-electron chi connectivity index (χ4n) is 1.62. The lowest BCUT2D eigenvalue weighted by Gasteiger charge is -2.21. The van der Waals surface area contributed by atoms with Crippen molar-refractivity contribution in [3.05, 3.63) is 48.3 Å². The summed E-state index contributed by atoms with van der Waals surface area (Å²) >= 11 is 0. The van der Waals surface area contributed by atoms with Gasteiger partial charge in [-0.1, -0.05) is 6.08 Å². The third kappa shape index (κ3) is 4.05. The van der Waals surface area contributed by atoms with E-state index in [1.54, 1.807) is 12.1 Å². The number of nitrogens with zero attached hydrogens (tertiary/aromatic N) is 1. The molecule has 0 aliphatic rings.